The zero-order valence-electron chi connectivity index (χ0n) is 14.1. The van der Waals surface area contributed by atoms with Crippen LogP contribution in [0, 0.1) is 5.41 Å². The Kier molecular flexibility index (Phi) is 5.11. The fourth-order valence-electron chi connectivity index (χ4n) is 3.17. The lowest BCUT2D eigenvalue weighted by Crippen LogP contribution is -2.48. The minimum atomic E-state index is -1.18. The number of benzene rings is 1. The predicted octanol–water partition coefficient (Wildman–Crippen LogP) is 2.51. The summed E-state index contributed by atoms with van der Waals surface area (Å²) in [4.78, 5) is 28.5. The molecular formula is C18H20N2O6. The van der Waals surface area contributed by atoms with Gasteiger partial charge in [0.05, 0.1) is 12.0 Å². The molecule has 1 fully saturated rings. The molecule has 8 heteroatoms. The topological polar surface area (TPSA) is 113 Å². The number of oxazole rings is 1. The molecule has 1 aliphatic heterocycles. The minimum absolute atomic E-state index is 0.136. The number of aromatic nitrogens is 1. The molecule has 0 aliphatic carbocycles. The molecule has 2 aromatic rings. The molecule has 2 N–H and O–H groups in total. The quantitative estimate of drug-likeness (QED) is 0.774. The average molecular weight is 360 g/mol. The molecule has 1 saturated heterocycles. The number of anilines is 1. The van der Waals surface area contributed by atoms with E-state index in [0.717, 1.165) is 6.26 Å². The highest BCUT2D eigenvalue weighted by Crippen LogP contribution is 2.36. The number of nitrogens with zero attached hydrogens (tertiary/aromatic N) is 2. The van der Waals surface area contributed by atoms with E-state index < -0.39 is 17.4 Å². The highest BCUT2D eigenvalue weighted by atomic mass is 16.5. The van der Waals surface area contributed by atoms with Gasteiger partial charge in [-0.05, 0) is 31.4 Å². The van der Waals surface area contributed by atoms with Gasteiger partial charge in [0.15, 0.2) is 5.69 Å². The van der Waals surface area contributed by atoms with Crippen LogP contribution in [0.3, 0.4) is 0 Å². The van der Waals surface area contributed by atoms with Crippen LogP contribution in [-0.2, 0) is 4.79 Å². The number of ether oxygens (including phenoxy) is 1. The lowest BCUT2D eigenvalue weighted by molar-refractivity contribution is -0.150. The summed E-state index contributed by atoms with van der Waals surface area (Å²) in [6.45, 7) is 1.03. The lowest BCUT2D eigenvalue weighted by atomic mass is 9.77. The number of carbonyl (C=O) groups is 2. The second-order valence-corrected chi connectivity index (χ2v) is 6.34. The van der Waals surface area contributed by atoms with Crippen molar-refractivity contribution in [2.45, 2.75) is 19.3 Å². The van der Waals surface area contributed by atoms with Crippen LogP contribution < -0.4 is 9.64 Å². The molecule has 26 heavy (non-hydrogen) atoms. The Balaban J connectivity index is 1.69. The molecule has 0 unspecified atom stereocenters. The van der Waals surface area contributed by atoms with Gasteiger partial charge < -0.3 is 24.3 Å². The number of para-hydroxylation sites is 1. The van der Waals surface area contributed by atoms with E-state index in [9.17, 15) is 14.7 Å². The number of carboxylic acids is 2. The summed E-state index contributed by atoms with van der Waals surface area (Å²) in [7, 11) is 0. The molecule has 1 aliphatic rings. The zero-order chi connectivity index (χ0) is 18.6. The van der Waals surface area contributed by atoms with Gasteiger partial charge in [-0.2, -0.15) is 4.98 Å². The van der Waals surface area contributed by atoms with Crippen molar-refractivity contribution in [1.82, 2.24) is 4.98 Å². The summed E-state index contributed by atoms with van der Waals surface area (Å²) in [5.41, 5.74) is -1.19. The van der Waals surface area contributed by atoms with Gasteiger partial charge in [0.2, 0.25) is 0 Å². The molecule has 138 valence electrons. The highest BCUT2D eigenvalue weighted by Gasteiger charge is 2.43. The van der Waals surface area contributed by atoms with Gasteiger partial charge in [0.25, 0.3) is 6.01 Å². The number of aromatic carboxylic acids is 1. The summed E-state index contributed by atoms with van der Waals surface area (Å²) in [5.74, 6) is -1.39. The fraction of sp³-hybridized carbons (Fsp3) is 0.389. The molecule has 0 spiro atoms. The maximum Gasteiger partial charge on any atom is 0.357 e. The smallest absolute Gasteiger partial charge is 0.357 e. The Bertz CT molecular complexity index is 775. The Hall–Kier alpha value is -3.03. The second-order valence-electron chi connectivity index (χ2n) is 6.34. The standard InChI is InChI=1S/C18H20N2O6/c21-15(22)14-11-26-17(19-14)20-9-4-7-18(12-20,16(23)24)8-10-25-13-5-2-1-3-6-13/h1-3,5-6,11H,4,7-10,12H2,(H,21,22)(H,23,24)/t18-/m0/s1. The van der Waals surface area contributed by atoms with E-state index in [1.54, 1.807) is 4.90 Å². The van der Waals surface area contributed by atoms with Gasteiger partial charge in [0, 0.05) is 13.1 Å². The van der Waals surface area contributed by atoms with E-state index in [2.05, 4.69) is 4.98 Å². The van der Waals surface area contributed by atoms with Gasteiger partial charge >= 0.3 is 11.9 Å². The molecule has 2 heterocycles. The Morgan fingerprint density at radius 1 is 1.27 bits per heavy atom. The first-order valence-corrected chi connectivity index (χ1v) is 8.35. The van der Waals surface area contributed by atoms with E-state index >= 15 is 0 Å². The molecule has 1 atom stereocenters. The molecule has 1 aromatic carbocycles. The van der Waals surface area contributed by atoms with E-state index in [1.165, 1.54) is 0 Å². The monoisotopic (exact) mass is 360 g/mol. The largest absolute Gasteiger partial charge is 0.494 e. The second kappa shape index (κ2) is 7.47. The van der Waals surface area contributed by atoms with Crippen LogP contribution in [-0.4, -0.2) is 46.8 Å². The van der Waals surface area contributed by atoms with Crippen LogP contribution in [0.1, 0.15) is 29.8 Å². The van der Waals surface area contributed by atoms with E-state index in [-0.39, 0.29) is 24.9 Å². The van der Waals surface area contributed by atoms with Crippen molar-refractivity contribution < 1.29 is 29.0 Å². The predicted molar refractivity (Wildman–Crippen MR) is 91.5 cm³/mol. The zero-order valence-corrected chi connectivity index (χ0v) is 14.1. The Morgan fingerprint density at radius 3 is 2.69 bits per heavy atom. The van der Waals surface area contributed by atoms with E-state index in [0.29, 0.717) is 31.6 Å². The summed E-state index contributed by atoms with van der Waals surface area (Å²) in [6, 6.07) is 9.37. The summed E-state index contributed by atoms with van der Waals surface area (Å²) < 4.78 is 10.9. The van der Waals surface area contributed by atoms with Crippen molar-refractivity contribution in [3.63, 3.8) is 0 Å². The average Bonchev–Trinajstić information content (AvgIpc) is 3.13. The van der Waals surface area contributed by atoms with Crippen LogP contribution in [0.15, 0.2) is 41.0 Å². The number of aliphatic carboxylic acids is 1. The first-order chi connectivity index (χ1) is 12.5. The van der Waals surface area contributed by atoms with Crippen molar-refractivity contribution in [3.8, 4) is 5.75 Å². The van der Waals surface area contributed by atoms with Gasteiger partial charge in [-0.25, -0.2) is 4.79 Å². The molecule has 0 bridgehead atoms. The molecule has 3 rings (SSSR count). The lowest BCUT2D eigenvalue weighted by Gasteiger charge is -2.39. The van der Waals surface area contributed by atoms with Gasteiger partial charge in [-0.15, -0.1) is 0 Å². The summed E-state index contributed by atoms with van der Waals surface area (Å²) >= 11 is 0. The number of hydrogen-bond donors (Lipinski definition) is 2. The van der Waals surface area contributed by atoms with Crippen LogP contribution in [0.5, 0.6) is 5.75 Å². The minimum Gasteiger partial charge on any atom is -0.494 e. The van der Waals surface area contributed by atoms with Crippen molar-refractivity contribution in [1.29, 1.82) is 0 Å². The van der Waals surface area contributed by atoms with Crippen molar-refractivity contribution in [3.05, 3.63) is 42.3 Å². The first kappa shape index (κ1) is 17.8. The van der Waals surface area contributed by atoms with Crippen LogP contribution in [0.25, 0.3) is 0 Å². The first-order valence-electron chi connectivity index (χ1n) is 8.35. The normalized spacial score (nSPS) is 19.9. The molecule has 0 saturated carbocycles. The fourth-order valence-corrected chi connectivity index (χ4v) is 3.17. The van der Waals surface area contributed by atoms with Gasteiger partial charge in [0.1, 0.15) is 12.0 Å². The number of piperidine rings is 1. The highest BCUT2D eigenvalue weighted by molar-refractivity contribution is 5.85. The Labute approximate surface area is 150 Å². The number of carboxylic acid groups (broad SMARTS) is 2. The van der Waals surface area contributed by atoms with Crippen LogP contribution >= 0.6 is 0 Å². The Morgan fingerprint density at radius 2 is 2.04 bits per heavy atom. The summed E-state index contributed by atoms with van der Waals surface area (Å²) in [5, 5.41) is 18.8. The van der Waals surface area contributed by atoms with E-state index in [4.69, 9.17) is 14.3 Å². The van der Waals surface area contributed by atoms with E-state index in [1.807, 2.05) is 30.3 Å². The molecule has 8 nitrogen and oxygen atoms in total. The van der Waals surface area contributed by atoms with Crippen molar-refractivity contribution >= 4 is 18.0 Å². The van der Waals surface area contributed by atoms with Gasteiger partial charge in [-0.3, -0.25) is 4.79 Å². The van der Waals surface area contributed by atoms with Crippen molar-refractivity contribution in [2.75, 3.05) is 24.6 Å². The summed E-state index contributed by atoms with van der Waals surface area (Å²) in [6.07, 6.45) is 2.55. The molecular weight excluding hydrogens is 340 g/mol. The third-order valence-electron chi connectivity index (χ3n) is 4.60. The van der Waals surface area contributed by atoms with Gasteiger partial charge in [-0.1, -0.05) is 18.2 Å². The maximum absolute atomic E-state index is 12.0. The van der Waals surface area contributed by atoms with Crippen LogP contribution in [0.4, 0.5) is 6.01 Å². The van der Waals surface area contributed by atoms with Crippen LogP contribution in [0.2, 0.25) is 0 Å². The molecule has 0 radical (unpaired) electrons. The third kappa shape index (κ3) is 3.79. The number of hydrogen-bond acceptors (Lipinski definition) is 6. The maximum atomic E-state index is 12.0. The molecule has 1 aromatic heterocycles. The third-order valence-corrected chi connectivity index (χ3v) is 4.60. The molecule has 0 amide bonds. The van der Waals surface area contributed by atoms with Crippen molar-refractivity contribution in [2.24, 2.45) is 5.41 Å². The number of rotatable bonds is 7. The SMILES string of the molecule is O=C(O)c1coc(N2CCC[C@@](CCOc3ccccc3)(C(=O)O)C2)n1.